The van der Waals surface area contributed by atoms with Crippen molar-refractivity contribution >= 4 is 16.8 Å². The van der Waals surface area contributed by atoms with Gasteiger partial charge in [0.15, 0.2) is 0 Å². The van der Waals surface area contributed by atoms with Crippen molar-refractivity contribution in [2.75, 3.05) is 7.05 Å². The Morgan fingerprint density at radius 3 is 2.75 bits per heavy atom. The van der Waals surface area contributed by atoms with Gasteiger partial charge >= 0.3 is 0 Å². The van der Waals surface area contributed by atoms with Crippen LogP contribution in [0.5, 0.6) is 0 Å². The van der Waals surface area contributed by atoms with E-state index in [2.05, 4.69) is 10.2 Å². The van der Waals surface area contributed by atoms with Gasteiger partial charge in [-0.3, -0.25) is 9.89 Å². The van der Waals surface area contributed by atoms with Gasteiger partial charge < -0.3 is 4.90 Å². The topological polar surface area (TPSA) is 49.0 Å². The number of aromatic nitrogens is 2. The molecule has 0 aliphatic rings. The third-order valence-electron chi connectivity index (χ3n) is 3.32. The van der Waals surface area contributed by atoms with Crippen LogP contribution >= 0.6 is 0 Å². The molecule has 0 fully saturated rings. The number of H-pyrrole nitrogens is 1. The van der Waals surface area contributed by atoms with Gasteiger partial charge in [0.25, 0.3) is 5.91 Å². The van der Waals surface area contributed by atoms with Gasteiger partial charge in [-0.2, -0.15) is 5.10 Å². The van der Waals surface area contributed by atoms with Crippen LogP contribution in [-0.2, 0) is 6.54 Å². The van der Waals surface area contributed by atoms with E-state index in [4.69, 9.17) is 0 Å². The van der Waals surface area contributed by atoms with Crippen LogP contribution in [0.3, 0.4) is 0 Å². The number of carbonyl (C=O) groups excluding carboxylic acids is 1. The van der Waals surface area contributed by atoms with E-state index in [0.29, 0.717) is 12.1 Å². The number of fused-ring (bicyclic) bond motifs is 1. The first kappa shape index (κ1) is 12.4. The lowest BCUT2D eigenvalue weighted by atomic mass is 10.1. The molecule has 0 aliphatic heterocycles. The molecule has 0 unspecified atom stereocenters. The normalized spacial score (nSPS) is 10.7. The van der Waals surface area contributed by atoms with Crippen molar-refractivity contribution < 1.29 is 4.79 Å². The Morgan fingerprint density at radius 1 is 1.15 bits per heavy atom. The third-order valence-corrected chi connectivity index (χ3v) is 3.32. The number of aromatic amines is 1. The summed E-state index contributed by atoms with van der Waals surface area (Å²) in [6.07, 6.45) is 1.69. The maximum absolute atomic E-state index is 12.5. The molecule has 2 aromatic carbocycles. The summed E-state index contributed by atoms with van der Waals surface area (Å²) in [4.78, 5) is 14.3. The average molecular weight is 265 g/mol. The lowest BCUT2D eigenvalue weighted by Crippen LogP contribution is -2.26. The molecular weight excluding hydrogens is 250 g/mol. The number of benzene rings is 2. The first-order chi connectivity index (χ1) is 9.75. The number of hydrogen-bond acceptors (Lipinski definition) is 2. The number of amides is 1. The van der Waals surface area contributed by atoms with Crippen LogP contribution in [0.25, 0.3) is 10.9 Å². The molecule has 1 amide bonds. The van der Waals surface area contributed by atoms with Crippen molar-refractivity contribution in [3.8, 4) is 0 Å². The molecule has 4 heteroatoms. The third kappa shape index (κ3) is 2.28. The van der Waals surface area contributed by atoms with E-state index in [9.17, 15) is 4.79 Å². The monoisotopic (exact) mass is 265 g/mol. The number of nitrogens with zero attached hydrogens (tertiary/aromatic N) is 2. The molecule has 0 bridgehead atoms. The van der Waals surface area contributed by atoms with Gasteiger partial charge in [0, 0.05) is 19.0 Å². The second-order valence-corrected chi connectivity index (χ2v) is 4.78. The van der Waals surface area contributed by atoms with Crippen molar-refractivity contribution in [3.63, 3.8) is 0 Å². The van der Waals surface area contributed by atoms with Crippen molar-refractivity contribution in [2.24, 2.45) is 0 Å². The molecule has 0 aliphatic carbocycles. The van der Waals surface area contributed by atoms with Crippen LogP contribution in [0.15, 0.2) is 54.7 Å². The van der Waals surface area contributed by atoms with Crippen LogP contribution in [-0.4, -0.2) is 28.1 Å². The minimum absolute atomic E-state index is 0.000790. The molecule has 3 aromatic rings. The standard InChI is InChI=1S/C16H15N3O/c1-19(11-12-6-3-2-4-7-12)16(20)13-8-5-9-15-14(13)10-17-18-15/h2-10H,11H2,1H3,(H,17,18). The van der Waals surface area contributed by atoms with E-state index in [1.807, 2.05) is 55.6 Å². The summed E-state index contributed by atoms with van der Waals surface area (Å²) in [6.45, 7) is 0.591. The second kappa shape index (κ2) is 5.17. The molecule has 4 nitrogen and oxygen atoms in total. The first-order valence-corrected chi connectivity index (χ1v) is 6.47. The predicted molar refractivity (Wildman–Crippen MR) is 78.3 cm³/mol. The maximum atomic E-state index is 12.5. The number of nitrogens with one attached hydrogen (secondary N) is 1. The number of carbonyl (C=O) groups is 1. The predicted octanol–water partition coefficient (Wildman–Crippen LogP) is 2.84. The summed E-state index contributed by atoms with van der Waals surface area (Å²) in [6, 6.07) is 15.6. The fraction of sp³-hybridized carbons (Fsp3) is 0.125. The van der Waals surface area contributed by atoms with Crippen molar-refractivity contribution in [1.82, 2.24) is 15.1 Å². The lowest BCUT2D eigenvalue weighted by molar-refractivity contribution is 0.0787. The van der Waals surface area contributed by atoms with Crippen LogP contribution < -0.4 is 0 Å². The summed E-state index contributed by atoms with van der Waals surface area (Å²) in [7, 11) is 1.81. The number of hydrogen-bond donors (Lipinski definition) is 1. The summed E-state index contributed by atoms with van der Waals surface area (Å²) >= 11 is 0. The largest absolute Gasteiger partial charge is 0.337 e. The zero-order chi connectivity index (χ0) is 13.9. The maximum Gasteiger partial charge on any atom is 0.254 e. The van der Waals surface area contributed by atoms with E-state index >= 15 is 0 Å². The summed E-state index contributed by atoms with van der Waals surface area (Å²) < 4.78 is 0. The zero-order valence-electron chi connectivity index (χ0n) is 11.2. The minimum atomic E-state index is 0.000790. The van der Waals surface area contributed by atoms with Crippen molar-refractivity contribution in [2.45, 2.75) is 6.54 Å². The average Bonchev–Trinajstić information content (AvgIpc) is 2.96. The Hall–Kier alpha value is -2.62. The van der Waals surface area contributed by atoms with Gasteiger partial charge in [-0.1, -0.05) is 36.4 Å². The van der Waals surface area contributed by atoms with E-state index in [0.717, 1.165) is 16.5 Å². The molecule has 0 saturated heterocycles. The van der Waals surface area contributed by atoms with E-state index in [-0.39, 0.29) is 5.91 Å². The van der Waals surface area contributed by atoms with Crippen LogP contribution in [0.1, 0.15) is 15.9 Å². The minimum Gasteiger partial charge on any atom is -0.337 e. The highest BCUT2D eigenvalue weighted by atomic mass is 16.2. The highest BCUT2D eigenvalue weighted by Crippen LogP contribution is 2.18. The molecule has 1 heterocycles. The summed E-state index contributed by atoms with van der Waals surface area (Å²) in [5.41, 5.74) is 2.67. The Kier molecular flexibility index (Phi) is 3.21. The van der Waals surface area contributed by atoms with Crippen LogP contribution in [0.2, 0.25) is 0 Å². The Balaban J connectivity index is 1.87. The van der Waals surface area contributed by atoms with Gasteiger partial charge in [0.05, 0.1) is 17.3 Å². The quantitative estimate of drug-likeness (QED) is 0.791. The molecular formula is C16H15N3O. The highest BCUT2D eigenvalue weighted by molar-refractivity contribution is 6.05. The molecule has 0 atom stereocenters. The first-order valence-electron chi connectivity index (χ1n) is 6.47. The van der Waals surface area contributed by atoms with Gasteiger partial charge in [0.2, 0.25) is 0 Å². The Morgan fingerprint density at radius 2 is 1.95 bits per heavy atom. The van der Waals surface area contributed by atoms with Crippen molar-refractivity contribution in [3.05, 3.63) is 65.9 Å². The molecule has 0 saturated carbocycles. The molecule has 0 radical (unpaired) electrons. The van der Waals surface area contributed by atoms with Gasteiger partial charge in [-0.15, -0.1) is 0 Å². The zero-order valence-corrected chi connectivity index (χ0v) is 11.2. The summed E-state index contributed by atoms with van der Waals surface area (Å²) in [5.74, 6) is 0.000790. The van der Waals surface area contributed by atoms with Gasteiger partial charge in [-0.25, -0.2) is 0 Å². The van der Waals surface area contributed by atoms with Gasteiger partial charge in [0.1, 0.15) is 0 Å². The SMILES string of the molecule is CN(Cc1ccccc1)C(=O)c1cccc2[nH]ncc12. The number of rotatable bonds is 3. The highest BCUT2D eigenvalue weighted by Gasteiger charge is 2.15. The molecule has 1 aromatic heterocycles. The Bertz CT molecular complexity index is 734. The fourth-order valence-electron chi connectivity index (χ4n) is 2.29. The lowest BCUT2D eigenvalue weighted by Gasteiger charge is -2.17. The molecule has 100 valence electrons. The van der Waals surface area contributed by atoms with Crippen molar-refractivity contribution in [1.29, 1.82) is 0 Å². The molecule has 0 spiro atoms. The second-order valence-electron chi connectivity index (χ2n) is 4.78. The van der Waals surface area contributed by atoms with Crippen LogP contribution in [0, 0.1) is 0 Å². The fourth-order valence-corrected chi connectivity index (χ4v) is 2.29. The molecule has 20 heavy (non-hydrogen) atoms. The molecule has 1 N–H and O–H groups in total. The Labute approximate surface area is 117 Å². The van der Waals surface area contributed by atoms with E-state index in [1.54, 1.807) is 11.1 Å². The van der Waals surface area contributed by atoms with Gasteiger partial charge in [-0.05, 0) is 17.7 Å². The summed E-state index contributed by atoms with van der Waals surface area (Å²) in [5, 5.41) is 7.73. The van der Waals surface area contributed by atoms with E-state index < -0.39 is 0 Å². The smallest absolute Gasteiger partial charge is 0.254 e. The van der Waals surface area contributed by atoms with E-state index in [1.165, 1.54) is 0 Å². The van der Waals surface area contributed by atoms with Crippen LogP contribution in [0.4, 0.5) is 0 Å². The molecule has 3 rings (SSSR count).